The third kappa shape index (κ3) is 3.96. The lowest BCUT2D eigenvalue weighted by Crippen LogP contribution is -2.36. The molecule has 5 heteroatoms. The molecule has 1 unspecified atom stereocenters. The molecule has 1 N–H and O–H groups in total. The number of nitrogens with zero attached hydrogens (tertiary/aromatic N) is 1. The van der Waals surface area contributed by atoms with E-state index in [0.29, 0.717) is 5.56 Å². The van der Waals surface area contributed by atoms with Gasteiger partial charge < -0.3 is 5.11 Å². The zero-order valence-electron chi connectivity index (χ0n) is 10.5. The molecular weight excluding hydrogens is 257 g/mol. The lowest BCUT2D eigenvalue weighted by Gasteiger charge is -2.26. The van der Waals surface area contributed by atoms with Crippen LogP contribution in [-0.4, -0.2) is 28.6 Å². The van der Waals surface area contributed by atoms with E-state index in [0.717, 1.165) is 6.42 Å². The number of carbonyl (C=O) groups is 1. The molecule has 0 spiro atoms. The van der Waals surface area contributed by atoms with E-state index in [-0.39, 0.29) is 24.2 Å². The molecule has 1 aromatic carbocycles. The van der Waals surface area contributed by atoms with Crippen LogP contribution in [0.25, 0.3) is 0 Å². The van der Waals surface area contributed by atoms with E-state index in [1.165, 1.54) is 6.07 Å². The predicted molar refractivity (Wildman–Crippen MR) is 69.2 cm³/mol. The summed E-state index contributed by atoms with van der Waals surface area (Å²) in [6.07, 6.45) is 0.801. The molecule has 0 aromatic heterocycles. The van der Waals surface area contributed by atoms with Gasteiger partial charge in [0.1, 0.15) is 5.82 Å². The van der Waals surface area contributed by atoms with Crippen LogP contribution in [0.1, 0.15) is 25.8 Å². The van der Waals surface area contributed by atoms with Crippen LogP contribution in [0.4, 0.5) is 4.39 Å². The van der Waals surface area contributed by atoms with Crippen LogP contribution in [0.3, 0.4) is 0 Å². The fourth-order valence-electron chi connectivity index (χ4n) is 1.69. The van der Waals surface area contributed by atoms with Crippen molar-refractivity contribution in [2.75, 3.05) is 6.54 Å². The predicted octanol–water partition coefficient (Wildman–Crippen LogP) is 3.16. The molecule has 0 aliphatic carbocycles. The summed E-state index contributed by atoms with van der Waals surface area (Å²) in [6.45, 7) is 4.02. The Labute approximate surface area is 111 Å². The maximum atomic E-state index is 13.8. The summed E-state index contributed by atoms with van der Waals surface area (Å²) in [6, 6.07) is 4.83. The minimum absolute atomic E-state index is 0.0620. The number of rotatable bonds is 6. The van der Waals surface area contributed by atoms with Gasteiger partial charge in [0.25, 0.3) is 0 Å². The van der Waals surface area contributed by atoms with Crippen LogP contribution in [0.15, 0.2) is 18.2 Å². The van der Waals surface area contributed by atoms with Gasteiger partial charge in [0.15, 0.2) is 0 Å². The number of halogens is 2. The van der Waals surface area contributed by atoms with E-state index in [9.17, 15) is 9.18 Å². The largest absolute Gasteiger partial charge is 0.480 e. The van der Waals surface area contributed by atoms with Gasteiger partial charge in [0.2, 0.25) is 0 Å². The van der Waals surface area contributed by atoms with E-state index < -0.39 is 11.8 Å². The monoisotopic (exact) mass is 273 g/mol. The number of hydrogen-bond acceptors (Lipinski definition) is 2. The fraction of sp³-hybridized carbons (Fsp3) is 0.462. The van der Waals surface area contributed by atoms with Crippen molar-refractivity contribution in [2.45, 2.75) is 32.9 Å². The number of benzene rings is 1. The normalized spacial score (nSPS) is 12.7. The molecule has 0 radical (unpaired) electrons. The van der Waals surface area contributed by atoms with Crippen molar-refractivity contribution in [3.8, 4) is 0 Å². The highest BCUT2D eigenvalue weighted by Gasteiger charge is 2.18. The van der Waals surface area contributed by atoms with Crippen molar-refractivity contribution >= 4 is 17.6 Å². The maximum Gasteiger partial charge on any atom is 0.317 e. The number of carboxylic acids is 1. The zero-order chi connectivity index (χ0) is 13.7. The highest BCUT2D eigenvalue weighted by molar-refractivity contribution is 6.30. The Kier molecular flexibility index (Phi) is 5.56. The van der Waals surface area contributed by atoms with E-state index in [1.807, 2.05) is 13.8 Å². The van der Waals surface area contributed by atoms with Crippen molar-refractivity contribution in [3.05, 3.63) is 34.6 Å². The van der Waals surface area contributed by atoms with Crippen molar-refractivity contribution in [1.82, 2.24) is 4.90 Å². The van der Waals surface area contributed by atoms with Crippen LogP contribution < -0.4 is 0 Å². The van der Waals surface area contributed by atoms with Gasteiger partial charge in [-0.05, 0) is 19.4 Å². The molecule has 0 bridgehead atoms. The third-order valence-electron chi connectivity index (χ3n) is 2.96. The van der Waals surface area contributed by atoms with Gasteiger partial charge in [-0.25, -0.2) is 4.39 Å². The lowest BCUT2D eigenvalue weighted by atomic mass is 10.1. The molecule has 1 atom stereocenters. The Morgan fingerprint density at radius 1 is 1.56 bits per heavy atom. The molecular formula is C13H17ClFNO2. The standard InChI is InChI=1S/C13H17ClFNO2/c1-3-9(2)16(8-12(17)18)7-10-5-4-6-11(14)13(10)15/h4-6,9H,3,7-8H2,1-2H3,(H,17,18). The molecule has 0 aliphatic heterocycles. The SMILES string of the molecule is CCC(C)N(CC(=O)O)Cc1cccc(Cl)c1F. The molecule has 0 heterocycles. The zero-order valence-corrected chi connectivity index (χ0v) is 11.2. The van der Waals surface area contributed by atoms with Crippen molar-refractivity contribution in [3.63, 3.8) is 0 Å². The van der Waals surface area contributed by atoms with Crippen molar-refractivity contribution in [1.29, 1.82) is 0 Å². The molecule has 3 nitrogen and oxygen atoms in total. The van der Waals surface area contributed by atoms with Crippen LogP contribution in [0, 0.1) is 5.82 Å². The first kappa shape index (κ1) is 14.9. The maximum absolute atomic E-state index is 13.8. The van der Waals surface area contributed by atoms with Gasteiger partial charge in [-0.3, -0.25) is 9.69 Å². The van der Waals surface area contributed by atoms with E-state index >= 15 is 0 Å². The Balaban J connectivity index is 2.88. The molecule has 1 rings (SSSR count). The Bertz CT molecular complexity index is 425. The third-order valence-corrected chi connectivity index (χ3v) is 3.25. The quantitative estimate of drug-likeness (QED) is 0.865. The lowest BCUT2D eigenvalue weighted by molar-refractivity contribution is -0.139. The molecule has 1 aromatic rings. The highest BCUT2D eigenvalue weighted by Crippen LogP contribution is 2.20. The average molecular weight is 274 g/mol. The van der Waals surface area contributed by atoms with E-state index in [2.05, 4.69) is 0 Å². The van der Waals surface area contributed by atoms with Crippen LogP contribution in [-0.2, 0) is 11.3 Å². The van der Waals surface area contributed by atoms with Crippen molar-refractivity contribution < 1.29 is 14.3 Å². The second kappa shape index (κ2) is 6.71. The summed E-state index contributed by atoms with van der Waals surface area (Å²) in [5.74, 6) is -1.39. The molecule has 0 fully saturated rings. The first-order valence-electron chi connectivity index (χ1n) is 5.84. The summed E-state index contributed by atoms with van der Waals surface area (Å²) in [7, 11) is 0. The molecule has 100 valence electrons. The summed E-state index contributed by atoms with van der Waals surface area (Å²) in [5, 5.41) is 8.93. The van der Waals surface area contributed by atoms with Crippen LogP contribution in [0.2, 0.25) is 5.02 Å². The molecule has 0 saturated carbocycles. The van der Waals surface area contributed by atoms with Crippen LogP contribution in [0.5, 0.6) is 0 Å². The Morgan fingerprint density at radius 2 is 2.22 bits per heavy atom. The van der Waals surface area contributed by atoms with E-state index in [4.69, 9.17) is 16.7 Å². The average Bonchev–Trinajstić information content (AvgIpc) is 2.32. The van der Waals surface area contributed by atoms with Crippen molar-refractivity contribution in [2.24, 2.45) is 0 Å². The summed E-state index contributed by atoms with van der Waals surface area (Å²) >= 11 is 5.71. The smallest absolute Gasteiger partial charge is 0.317 e. The minimum atomic E-state index is -0.919. The number of carboxylic acid groups (broad SMARTS) is 1. The van der Waals surface area contributed by atoms with Crippen LogP contribution >= 0.6 is 11.6 Å². The minimum Gasteiger partial charge on any atom is -0.480 e. The topological polar surface area (TPSA) is 40.5 Å². The Hall–Kier alpha value is -1.13. The molecule has 0 saturated heterocycles. The van der Waals surface area contributed by atoms with Gasteiger partial charge in [-0.15, -0.1) is 0 Å². The second-order valence-corrected chi connectivity index (χ2v) is 4.68. The highest BCUT2D eigenvalue weighted by atomic mass is 35.5. The number of hydrogen-bond donors (Lipinski definition) is 1. The van der Waals surface area contributed by atoms with E-state index in [1.54, 1.807) is 17.0 Å². The van der Waals surface area contributed by atoms with Gasteiger partial charge >= 0.3 is 5.97 Å². The van der Waals surface area contributed by atoms with Gasteiger partial charge in [0.05, 0.1) is 11.6 Å². The van der Waals surface area contributed by atoms with Gasteiger partial charge in [-0.2, -0.15) is 0 Å². The molecule has 0 amide bonds. The molecule has 18 heavy (non-hydrogen) atoms. The summed E-state index contributed by atoms with van der Waals surface area (Å²) < 4.78 is 13.8. The number of aliphatic carboxylic acids is 1. The summed E-state index contributed by atoms with van der Waals surface area (Å²) in [5.41, 5.74) is 0.420. The fourth-order valence-corrected chi connectivity index (χ4v) is 1.88. The molecule has 0 aliphatic rings. The first-order valence-corrected chi connectivity index (χ1v) is 6.22. The van der Waals surface area contributed by atoms with Gasteiger partial charge in [-0.1, -0.05) is 30.7 Å². The Morgan fingerprint density at radius 3 is 2.78 bits per heavy atom. The van der Waals surface area contributed by atoms with Gasteiger partial charge in [0, 0.05) is 18.2 Å². The second-order valence-electron chi connectivity index (χ2n) is 4.27. The first-order chi connectivity index (χ1) is 8.45. The summed E-state index contributed by atoms with van der Waals surface area (Å²) in [4.78, 5) is 12.5.